The van der Waals surface area contributed by atoms with Crippen LogP contribution in [0.3, 0.4) is 0 Å². The number of hydrogen-bond donors (Lipinski definition) is 2. The Morgan fingerprint density at radius 1 is 1.47 bits per heavy atom. The summed E-state index contributed by atoms with van der Waals surface area (Å²) < 4.78 is 28.1. The van der Waals surface area contributed by atoms with Gasteiger partial charge in [-0.1, -0.05) is 0 Å². The summed E-state index contributed by atoms with van der Waals surface area (Å²) in [5, 5.41) is 8.86. The van der Waals surface area contributed by atoms with Gasteiger partial charge in [-0.05, 0) is 10.3 Å². The Hall–Kier alpha value is -1.68. The van der Waals surface area contributed by atoms with Gasteiger partial charge in [-0.3, -0.25) is 4.79 Å². The Bertz CT molecular complexity index is 494. The smallest absolute Gasteiger partial charge is 0.277 e. The lowest BCUT2D eigenvalue weighted by atomic mass is 10.4. The second kappa shape index (κ2) is 5.10. The summed E-state index contributed by atoms with van der Waals surface area (Å²) in [7, 11) is -0.518. The number of nitrogens with one attached hydrogen (secondary N) is 1. The van der Waals surface area contributed by atoms with Crippen molar-refractivity contribution in [1.29, 1.82) is 0 Å². The fourth-order valence-electron chi connectivity index (χ4n) is 0.913. The van der Waals surface area contributed by atoms with Crippen molar-refractivity contribution in [3.05, 3.63) is 5.69 Å². The van der Waals surface area contributed by atoms with E-state index in [2.05, 4.69) is 20.3 Å². The fraction of sp³-hybridized carbons (Fsp3) is 0.571. The summed E-state index contributed by atoms with van der Waals surface area (Å²) in [6.07, 6.45) is 0. The summed E-state index contributed by atoms with van der Waals surface area (Å²) in [4.78, 5) is 11.4. The maximum atomic E-state index is 11.4. The van der Waals surface area contributed by atoms with Gasteiger partial charge in [-0.2, -0.15) is 0 Å². The maximum Gasteiger partial charge on any atom is 0.277 e. The predicted molar refractivity (Wildman–Crippen MR) is 58.5 cm³/mol. The first-order chi connectivity index (χ1) is 7.84. The number of nitrogens with zero attached hydrogens (tertiary/aromatic N) is 3. The third kappa shape index (κ3) is 3.39. The highest BCUT2D eigenvalue weighted by Crippen LogP contribution is 2.03. The molecule has 17 heavy (non-hydrogen) atoms. The molecule has 0 unspecified atom stereocenters. The quantitative estimate of drug-likeness (QED) is 0.645. The van der Waals surface area contributed by atoms with Gasteiger partial charge in [0, 0.05) is 20.6 Å². The summed E-state index contributed by atoms with van der Waals surface area (Å²) in [5.41, 5.74) is 5.13. The van der Waals surface area contributed by atoms with Crippen LogP contribution in [0.2, 0.25) is 0 Å². The molecule has 0 bridgehead atoms. The number of carbonyl (C=O) groups is 1. The first-order valence-corrected chi connectivity index (χ1v) is 6.22. The molecule has 0 spiro atoms. The number of anilines is 1. The third-order valence-electron chi connectivity index (χ3n) is 1.93. The van der Waals surface area contributed by atoms with Gasteiger partial charge in [-0.25, -0.2) is 17.4 Å². The topological polar surface area (TPSA) is 131 Å². The Kier molecular flexibility index (Phi) is 4.02. The summed E-state index contributed by atoms with van der Waals surface area (Å²) >= 11 is 0. The van der Waals surface area contributed by atoms with Crippen molar-refractivity contribution in [3.8, 4) is 0 Å². The van der Waals surface area contributed by atoms with Gasteiger partial charge in [0.25, 0.3) is 5.91 Å². The molecule has 9 nitrogen and oxygen atoms in total. The lowest BCUT2D eigenvalue weighted by Crippen LogP contribution is -2.34. The monoisotopic (exact) mass is 263 g/mol. The van der Waals surface area contributed by atoms with E-state index < -0.39 is 15.9 Å². The number of nitrogen functional groups attached to an aromatic ring is 1. The van der Waals surface area contributed by atoms with Gasteiger partial charge in [0.2, 0.25) is 21.5 Å². The van der Waals surface area contributed by atoms with Crippen LogP contribution >= 0.6 is 0 Å². The molecule has 0 saturated heterocycles. The molecule has 1 rings (SSSR count). The fourth-order valence-corrected chi connectivity index (χ4v) is 1.64. The molecule has 0 fully saturated rings. The SMILES string of the molecule is CN(C)S(=O)(=O)CCNC(=O)c1nonc1N. The minimum absolute atomic E-state index is 0.0500. The van der Waals surface area contributed by atoms with E-state index in [1.165, 1.54) is 14.1 Å². The largest absolute Gasteiger partial charge is 0.379 e. The highest BCUT2D eigenvalue weighted by molar-refractivity contribution is 7.89. The number of hydrogen-bond acceptors (Lipinski definition) is 7. The van der Waals surface area contributed by atoms with E-state index in [0.29, 0.717) is 0 Å². The zero-order valence-corrected chi connectivity index (χ0v) is 10.2. The zero-order valence-electron chi connectivity index (χ0n) is 9.37. The van der Waals surface area contributed by atoms with Gasteiger partial charge < -0.3 is 11.1 Å². The van der Waals surface area contributed by atoms with Gasteiger partial charge in [0.15, 0.2) is 0 Å². The van der Waals surface area contributed by atoms with Crippen molar-refractivity contribution in [2.24, 2.45) is 0 Å². The first kappa shape index (κ1) is 13.4. The molecule has 1 heterocycles. The van der Waals surface area contributed by atoms with Crippen LogP contribution < -0.4 is 11.1 Å². The Balaban J connectivity index is 2.49. The highest BCUT2D eigenvalue weighted by Gasteiger charge is 2.17. The van der Waals surface area contributed by atoms with Crippen molar-refractivity contribution in [2.75, 3.05) is 32.1 Å². The van der Waals surface area contributed by atoms with Crippen molar-refractivity contribution in [2.45, 2.75) is 0 Å². The van der Waals surface area contributed by atoms with Gasteiger partial charge in [0.1, 0.15) is 0 Å². The van der Waals surface area contributed by atoms with Gasteiger partial charge >= 0.3 is 0 Å². The molecule has 0 aliphatic carbocycles. The van der Waals surface area contributed by atoms with Crippen LogP contribution in [0, 0.1) is 0 Å². The summed E-state index contributed by atoms with van der Waals surface area (Å²) in [6, 6.07) is 0. The minimum Gasteiger partial charge on any atom is -0.379 e. The van der Waals surface area contributed by atoms with Crippen LogP contribution in [0.1, 0.15) is 10.5 Å². The highest BCUT2D eigenvalue weighted by atomic mass is 32.2. The maximum absolute atomic E-state index is 11.4. The summed E-state index contributed by atoms with van der Waals surface area (Å²) in [6.45, 7) is -0.0500. The van der Waals surface area contributed by atoms with Crippen molar-refractivity contribution < 1.29 is 17.8 Å². The minimum atomic E-state index is -3.34. The predicted octanol–water partition coefficient (Wildman–Crippen LogP) is -1.73. The Morgan fingerprint density at radius 3 is 2.59 bits per heavy atom. The van der Waals surface area contributed by atoms with E-state index in [9.17, 15) is 13.2 Å². The van der Waals surface area contributed by atoms with Crippen LogP contribution in [0.25, 0.3) is 0 Å². The number of carbonyl (C=O) groups excluding carboxylic acids is 1. The van der Waals surface area contributed by atoms with Gasteiger partial charge in [0.05, 0.1) is 5.75 Å². The average Bonchev–Trinajstić information content (AvgIpc) is 2.63. The molecule has 1 aromatic rings. The number of rotatable bonds is 5. The number of amides is 1. The summed E-state index contributed by atoms with van der Waals surface area (Å²) in [5.74, 6) is -0.979. The molecule has 96 valence electrons. The lowest BCUT2D eigenvalue weighted by molar-refractivity contribution is 0.0947. The van der Waals surface area contributed by atoms with Crippen molar-refractivity contribution in [1.82, 2.24) is 19.9 Å². The van der Waals surface area contributed by atoms with E-state index in [1.54, 1.807) is 0 Å². The van der Waals surface area contributed by atoms with Crippen LogP contribution in [-0.4, -0.2) is 55.3 Å². The van der Waals surface area contributed by atoms with Crippen LogP contribution in [0.15, 0.2) is 4.63 Å². The van der Waals surface area contributed by atoms with E-state index in [4.69, 9.17) is 5.73 Å². The Labute approximate surface area is 98.0 Å². The molecule has 3 N–H and O–H groups in total. The molecule has 1 aromatic heterocycles. The van der Waals surface area contributed by atoms with Crippen molar-refractivity contribution in [3.63, 3.8) is 0 Å². The molecule has 0 aliphatic rings. The van der Waals surface area contributed by atoms with E-state index in [0.717, 1.165) is 4.31 Å². The molecule has 1 amide bonds. The first-order valence-electron chi connectivity index (χ1n) is 4.61. The molecule has 0 aromatic carbocycles. The molecule has 0 aliphatic heterocycles. The van der Waals surface area contributed by atoms with E-state index in [1.807, 2.05) is 0 Å². The molecular weight excluding hydrogens is 250 g/mol. The zero-order chi connectivity index (χ0) is 13.1. The van der Waals surface area contributed by atoms with Gasteiger partial charge in [-0.15, -0.1) is 0 Å². The molecule has 0 radical (unpaired) electrons. The van der Waals surface area contributed by atoms with Crippen LogP contribution in [0.4, 0.5) is 5.82 Å². The lowest BCUT2D eigenvalue weighted by Gasteiger charge is -2.10. The second-order valence-corrected chi connectivity index (χ2v) is 5.65. The number of aromatic nitrogens is 2. The van der Waals surface area contributed by atoms with E-state index >= 15 is 0 Å². The Morgan fingerprint density at radius 2 is 2.12 bits per heavy atom. The normalized spacial score (nSPS) is 11.7. The van der Waals surface area contributed by atoms with Crippen LogP contribution in [0.5, 0.6) is 0 Å². The van der Waals surface area contributed by atoms with Crippen molar-refractivity contribution >= 4 is 21.7 Å². The average molecular weight is 263 g/mol. The molecule has 0 atom stereocenters. The standard InChI is InChI=1S/C7H13N5O4S/c1-12(2)17(14,15)4-3-9-7(13)5-6(8)11-16-10-5/h3-4H2,1-2H3,(H2,8,11)(H,9,13). The number of sulfonamides is 1. The molecule has 0 saturated carbocycles. The third-order valence-corrected chi connectivity index (χ3v) is 3.76. The van der Waals surface area contributed by atoms with E-state index in [-0.39, 0.29) is 23.8 Å². The number of nitrogens with two attached hydrogens (primary N) is 1. The molecule has 10 heteroatoms. The van der Waals surface area contributed by atoms with Crippen LogP contribution in [-0.2, 0) is 10.0 Å². The second-order valence-electron chi connectivity index (χ2n) is 3.35. The molecular formula is C7H13N5O4S.